The average Bonchev–Trinajstić information content (AvgIpc) is 3.05. The smallest absolute Gasteiger partial charge is 0.124 e. The number of ether oxygens (including phenoxy) is 1. The van der Waals surface area contributed by atoms with Crippen LogP contribution in [0.5, 0.6) is 5.75 Å². The largest absolute Gasteiger partial charge is 0.489 e. The summed E-state index contributed by atoms with van der Waals surface area (Å²) >= 11 is 0. The first-order valence-corrected chi connectivity index (χ1v) is 8.96. The number of nitrogens with two attached hydrogens (primary N) is 1. The van der Waals surface area contributed by atoms with E-state index < -0.39 is 0 Å². The predicted molar refractivity (Wildman–Crippen MR) is 102 cm³/mol. The molecule has 4 nitrogen and oxygen atoms in total. The molecule has 0 spiro atoms. The molecule has 0 aliphatic carbocycles. The van der Waals surface area contributed by atoms with Gasteiger partial charge in [-0.05, 0) is 34.9 Å². The van der Waals surface area contributed by atoms with Gasteiger partial charge in [0, 0.05) is 43.6 Å². The van der Waals surface area contributed by atoms with Crippen LogP contribution in [0.2, 0.25) is 0 Å². The third kappa shape index (κ3) is 3.47. The van der Waals surface area contributed by atoms with Crippen molar-refractivity contribution in [2.45, 2.75) is 25.7 Å². The monoisotopic (exact) mass is 345 g/mol. The van der Waals surface area contributed by atoms with Gasteiger partial charge in [-0.15, -0.1) is 0 Å². The van der Waals surface area contributed by atoms with Gasteiger partial charge in [-0.2, -0.15) is 0 Å². The molecule has 4 rings (SSSR count). The van der Waals surface area contributed by atoms with Gasteiger partial charge in [0.05, 0.1) is 0 Å². The Labute approximate surface area is 154 Å². The van der Waals surface area contributed by atoms with E-state index in [2.05, 4.69) is 52.3 Å². The minimum Gasteiger partial charge on any atom is -0.489 e. The molecule has 2 N–H and O–H groups in total. The minimum absolute atomic E-state index is 0.221. The second-order valence-electron chi connectivity index (χ2n) is 6.61. The highest BCUT2D eigenvalue weighted by molar-refractivity contribution is 5.45. The van der Waals surface area contributed by atoms with Gasteiger partial charge in [0.1, 0.15) is 12.4 Å². The van der Waals surface area contributed by atoms with Crippen LogP contribution in [-0.4, -0.2) is 16.4 Å². The molecule has 4 heteroatoms. The van der Waals surface area contributed by atoms with Gasteiger partial charge in [-0.25, -0.2) is 0 Å². The van der Waals surface area contributed by atoms with Crippen molar-refractivity contribution < 1.29 is 4.74 Å². The summed E-state index contributed by atoms with van der Waals surface area (Å²) in [6.45, 7) is 2.89. The van der Waals surface area contributed by atoms with Gasteiger partial charge in [-0.1, -0.05) is 42.5 Å². The van der Waals surface area contributed by atoms with Crippen LogP contribution in [-0.2, 0) is 19.7 Å². The fourth-order valence-electron chi connectivity index (χ4n) is 3.61. The molecule has 2 heterocycles. The first-order chi connectivity index (χ1) is 12.8. The summed E-state index contributed by atoms with van der Waals surface area (Å²) in [5.41, 5.74) is 11.1. The minimum atomic E-state index is 0.221. The molecular formula is C22H23N3O. The molecule has 1 aliphatic heterocycles. The molecule has 26 heavy (non-hydrogen) atoms. The van der Waals surface area contributed by atoms with E-state index in [-0.39, 0.29) is 6.04 Å². The fourth-order valence-corrected chi connectivity index (χ4v) is 3.61. The van der Waals surface area contributed by atoms with E-state index in [1.165, 1.54) is 22.3 Å². The number of hydrogen-bond donors (Lipinski definition) is 1. The van der Waals surface area contributed by atoms with Gasteiger partial charge in [-0.3, -0.25) is 9.88 Å². The van der Waals surface area contributed by atoms with Crippen molar-refractivity contribution >= 4 is 0 Å². The molecule has 0 saturated heterocycles. The van der Waals surface area contributed by atoms with Crippen LogP contribution in [0.4, 0.5) is 0 Å². The molecular weight excluding hydrogens is 322 g/mol. The number of fused-ring (bicyclic) bond motifs is 1. The zero-order valence-electron chi connectivity index (χ0n) is 14.7. The molecule has 0 saturated carbocycles. The maximum absolute atomic E-state index is 6.15. The van der Waals surface area contributed by atoms with Crippen molar-refractivity contribution in [2.75, 3.05) is 6.54 Å². The van der Waals surface area contributed by atoms with Gasteiger partial charge in [0.25, 0.3) is 0 Å². The third-order valence-corrected chi connectivity index (χ3v) is 4.93. The molecule has 1 unspecified atom stereocenters. The van der Waals surface area contributed by atoms with E-state index in [0.717, 1.165) is 18.8 Å². The summed E-state index contributed by atoms with van der Waals surface area (Å²) in [6.07, 6.45) is 3.68. The molecule has 1 aliphatic rings. The molecule has 0 amide bonds. The van der Waals surface area contributed by atoms with Crippen molar-refractivity contribution in [2.24, 2.45) is 5.73 Å². The molecule has 2 aromatic carbocycles. The Morgan fingerprint density at radius 3 is 2.54 bits per heavy atom. The van der Waals surface area contributed by atoms with Crippen LogP contribution in [0.25, 0.3) is 0 Å². The summed E-state index contributed by atoms with van der Waals surface area (Å²) in [5, 5.41) is 0. The molecule has 3 aromatic rings. The van der Waals surface area contributed by atoms with Gasteiger partial charge < -0.3 is 10.5 Å². The van der Waals surface area contributed by atoms with E-state index >= 15 is 0 Å². The van der Waals surface area contributed by atoms with E-state index in [0.29, 0.717) is 13.2 Å². The average molecular weight is 345 g/mol. The van der Waals surface area contributed by atoms with E-state index in [1.54, 1.807) is 0 Å². The van der Waals surface area contributed by atoms with Gasteiger partial charge in [0.2, 0.25) is 0 Å². The van der Waals surface area contributed by atoms with E-state index in [1.807, 2.05) is 30.6 Å². The van der Waals surface area contributed by atoms with E-state index in [4.69, 9.17) is 10.5 Å². The second-order valence-corrected chi connectivity index (χ2v) is 6.61. The van der Waals surface area contributed by atoms with Crippen molar-refractivity contribution in [3.05, 3.63) is 95.3 Å². The molecule has 0 bridgehead atoms. The van der Waals surface area contributed by atoms with Crippen molar-refractivity contribution in [3.63, 3.8) is 0 Å². The first kappa shape index (κ1) is 16.8. The summed E-state index contributed by atoms with van der Waals surface area (Å²) in [6, 6.07) is 20.9. The number of rotatable bonds is 6. The van der Waals surface area contributed by atoms with E-state index in [9.17, 15) is 0 Å². The van der Waals surface area contributed by atoms with Gasteiger partial charge >= 0.3 is 0 Å². The number of nitrogens with zero attached hydrogens (tertiary/aromatic N) is 2. The van der Waals surface area contributed by atoms with Crippen LogP contribution in [0.1, 0.15) is 28.3 Å². The Kier molecular flexibility index (Phi) is 4.95. The highest BCUT2D eigenvalue weighted by Crippen LogP contribution is 2.39. The molecule has 1 atom stereocenters. The fraction of sp³-hybridized carbons (Fsp3) is 0.227. The Balaban J connectivity index is 1.54. The maximum Gasteiger partial charge on any atom is 0.124 e. The lowest BCUT2D eigenvalue weighted by Gasteiger charge is -2.23. The second kappa shape index (κ2) is 7.68. The lowest BCUT2D eigenvalue weighted by Crippen LogP contribution is -2.27. The lowest BCUT2D eigenvalue weighted by atomic mass is 10.0. The van der Waals surface area contributed by atoms with Crippen LogP contribution in [0.15, 0.2) is 73.1 Å². The normalized spacial score (nSPS) is 16.4. The Morgan fingerprint density at radius 1 is 0.962 bits per heavy atom. The standard InChI is InChI=1S/C22H23N3O/c23-13-21-19-7-4-8-22(26-16-18-5-2-1-3-6-18)20(19)15-25(21)14-17-9-11-24-12-10-17/h1-12,21H,13-16,23H2. The van der Waals surface area contributed by atoms with Crippen molar-refractivity contribution in [3.8, 4) is 5.75 Å². The zero-order chi connectivity index (χ0) is 17.8. The third-order valence-electron chi connectivity index (χ3n) is 4.93. The van der Waals surface area contributed by atoms with Crippen LogP contribution >= 0.6 is 0 Å². The Morgan fingerprint density at radius 2 is 1.77 bits per heavy atom. The van der Waals surface area contributed by atoms with Crippen molar-refractivity contribution in [1.82, 2.24) is 9.88 Å². The topological polar surface area (TPSA) is 51.4 Å². The summed E-state index contributed by atoms with van der Waals surface area (Å²) in [7, 11) is 0. The SMILES string of the molecule is NCC1c2cccc(OCc3ccccc3)c2CN1Cc1ccncc1. The highest BCUT2D eigenvalue weighted by atomic mass is 16.5. The highest BCUT2D eigenvalue weighted by Gasteiger charge is 2.31. The Bertz CT molecular complexity index is 852. The molecule has 0 fully saturated rings. The molecule has 1 aromatic heterocycles. The predicted octanol–water partition coefficient (Wildman–Crippen LogP) is 3.68. The number of hydrogen-bond acceptors (Lipinski definition) is 4. The summed E-state index contributed by atoms with van der Waals surface area (Å²) in [5.74, 6) is 0.960. The number of pyridine rings is 1. The zero-order valence-corrected chi connectivity index (χ0v) is 14.7. The van der Waals surface area contributed by atoms with Gasteiger partial charge in [0.15, 0.2) is 0 Å². The number of benzene rings is 2. The van der Waals surface area contributed by atoms with Crippen LogP contribution in [0.3, 0.4) is 0 Å². The lowest BCUT2D eigenvalue weighted by molar-refractivity contribution is 0.209. The number of aromatic nitrogens is 1. The first-order valence-electron chi connectivity index (χ1n) is 8.96. The summed E-state index contributed by atoms with van der Waals surface area (Å²) < 4.78 is 6.15. The molecule has 132 valence electrons. The van der Waals surface area contributed by atoms with Crippen LogP contribution in [0, 0.1) is 0 Å². The molecule has 0 radical (unpaired) electrons. The maximum atomic E-state index is 6.15. The quantitative estimate of drug-likeness (QED) is 0.740. The Hall–Kier alpha value is -2.69. The summed E-state index contributed by atoms with van der Waals surface area (Å²) in [4.78, 5) is 6.51. The van der Waals surface area contributed by atoms with Crippen LogP contribution < -0.4 is 10.5 Å². The van der Waals surface area contributed by atoms with Crippen molar-refractivity contribution in [1.29, 1.82) is 0 Å².